The number of aromatic nitrogens is 3. The second-order valence-corrected chi connectivity index (χ2v) is 3.63. The average molecular weight is 249 g/mol. The fourth-order valence-corrected chi connectivity index (χ4v) is 1.43. The summed E-state index contributed by atoms with van der Waals surface area (Å²) in [5.41, 5.74) is 0. The smallest absolute Gasteiger partial charge is 0.322 e. The summed E-state index contributed by atoms with van der Waals surface area (Å²) in [6.45, 7) is 0.573. The summed E-state index contributed by atoms with van der Waals surface area (Å²) in [6.07, 6.45) is 1.64. The van der Waals surface area contributed by atoms with Crippen LogP contribution in [0.1, 0.15) is 5.76 Å². The van der Waals surface area contributed by atoms with Crippen LogP contribution < -0.4 is 15.0 Å². The maximum Gasteiger partial charge on any atom is 0.322 e. The van der Waals surface area contributed by atoms with Crippen LogP contribution in [-0.2, 0) is 6.54 Å². The van der Waals surface area contributed by atoms with Crippen LogP contribution in [0, 0.1) is 0 Å². The van der Waals surface area contributed by atoms with Crippen LogP contribution >= 0.6 is 0 Å². The van der Waals surface area contributed by atoms with Gasteiger partial charge in [-0.15, -0.1) is 0 Å². The molecule has 2 aromatic rings. The van der Waals surface area contributed by atoms with Crippen molar-refractivity contribution in [3.8, 4) is 6.01 Å². The molecule has 0 spiro atoms. The molecule has 0 aliphatic heterocycles. The van der Waals surface area contributed by atoms with E-state index in [0.717, 1.165) is 5.76 Å². The Hall–Kier alpha value is -2.31. The molecule has 7 heteroatoms. The number of hydrogen-bond donors (Lipinski definition) is 1. The number of nitrogens with zero attached hydrogens (tertiary/aromatic N) is 4. The normalized spacial score (nSPS) is 10.2. The summed E-state index contributed by atoms with van der Waals surface area (Å²) >= 11 is 0. The van der Waals surface area contributed by atoms with Gasteiger partial charge in [-0.2, -0.15) is 15.0 Å². The van der Waals surface area contributed by atoms with Crippen molar-refractivity contribution in [3.05, 3.63) is 24.2 Å². The van der Waals surface area contributed by atoms with E-state index in [1.54, 1.807) is 13.3 Å². The molecule has 96 valence electrons. The van der Waals surface area contributed by atoms with Gasteiger partial charge in [0.1, 0.15) is 5.76 Å². The Morgan fingerprint density at radius 1 is 1.39 bits per heavy atom. The van der Waals surface area contributed by atoms with Crippen LogP contribution in [0.3, 0.4) is 0 Å². The highest BCUT2D eigenvalue weighted by molar-refractivity contribution is 5.37. The van der Waals surface area contributed by atoms with Gasteiger partial charge in [-0.1, -0.05) is 0 Å². The van der Waals surface area contributed by atoms with Crippen LogP contribution in [-0.4, -0.2) is 36.2 Å². The third kappa shape index (κ3) is 2.68. The van der Waals surface area contributed by atoms with E-state index in [9.17, 15) is 0 Å². The number of hydrogen-bond acceptors (Lipinski definition) is 7. The highest BCUT2D eigenvalue weighted by Gasteiger charge is 2.11. The molecule has 0 aliphatic rings. The van der Waals surface area contributed by atoms with Crippen LogP contribution in [0.15, 0.2) is 22.8 Å². The van der Waals surface area contributed by atoms with Crippen molar-refractivity contribution in [1.29, 1.82) is 0 Å². The van der Waals surface area contributed by atoms with Crippen molar-refractivity contribution in [2.45, 2.75) is 6.54 Å². The van der Waals surface area contributed by atoms with E-state index < -0.39 is 0 Å². The van der Waals surface area contributed by atoms with Crippen molar-refractivity contribution >= 4 is 11.9 Å². The summed E-state index contributed by atoms with van der Waals surface area (Å²) in [5.74, 6) is 1.81. The van der Waals surface area contributed by atoms with Crippen LogP contribution in [0.25, 0.3) is 0 Å². The van der Waals surface area contributed by atoms with Gasteiger partial charge in [-0.05, 0) is 12.1 Å². The largest absolute Gasteiger partial charge is 0.467 e. The van der Waals surface area contributed by atoms with Gasteiger partial charge in [0.15, 0.2) is 0 Å². The minimum absolute atomic E-state index is 0.274. The van der Waals surface area contributed by atoms with E-state index in [1.807, 2.05) is 24.1 Å². The maximum absolute atomic E-state index is 5.28. The molecule has 2 heterocycles. The fourth-order valence-electron chi connectivity index (χ4n) is 1.43. The lowest BCUT2D eigenvalue weighted by atomic mass is 10.4. The molecule has 0 atom stereocenters. The van der Waals surface area contributed by atoms with Gasteiger partial charge >= 0.3 is 6.01 Å². The molecule has 0 aromatic carbocycles. The Labute approximate surface area is 105 Å². The number of ether oxygens (including phenoxy) is 1. The maximum atomic E-state index is 5.28. The first-order valence-corrected chi connectivity index (χ1v) is 5.44. The number of methoxy groups -OCH3 is 1. The Bertz CT molecular complexity index is 478. The molecule has 0 unspecified atom stereocenters. The molecule has 0 saturated heterocycles. The van der Waals surface area contributed by atoms with E-state index in [1.165, 1.54) is 7.11 Å². The minimum atomic E-state index is 0.274. The van der Waals surface area contributed by atoms with Gasteiger partial charge in [-0.3, -0.25) is 0 Å². The van der Waals surface area contributed by atoms with E-state index in [-0.39, 0.29) is 6.01 Å². The van der Waals surface area contributed by atoms with E-state index in [4.69, 9.17) is 9.15 Å². The Balaban J connectivity index is 2.20. The average Bonchev–Trinajstić information content (AvgIpc) is 2.90. The summed E-state index contributed by atoms with van der Waals surface area (Å²) in [4.78, 5) is 14.3. The number of furan rings is 1. The lowest BCUT2D eigenvalue weighted by Gasteiger charge is -2.16. The highest BCUT2D eigenvalue weighted by atomic mass is 16.5. The van der Waals surface area contributed by atoms with Gasteiger partial charge in [0.05, 0.1) is 19.9 Å². The fraction of sp³-hybridized carbons (Fsp3) is 0.364. The van der Waals surface area contributed by atoms with Gasteiger partial charge in [0.2, 0.25) is 11.9 Å². The Morgan fingerprint density at radius 2 is 2.22 bits per heavy atom. The van der Waals surface area contributed by atoms with E-state index in [0.29, 0.717) is 18.4 Å². The van der Waals surface area contributed by atoms with Crippen LogP contribution in [0.4, 0.5) is 11.9 Å². The number of rotatable bonds is 5. The standard InChI is InChI=1S/C11H15N5O2/c1-12-9-13-10(15-11(14-9)17-3)16(2)7-8-5-4-6-18-8/h4-6H,7H2,1-3H3,(H,12,13,14,15). The summed E-state index contributed by atoms with van der Waals surface area (Å²) < 4.78 is 10.3. The monoisotopic (exact) mass is 249 g/mol. The predicted octanol–water partition coefficient (Wildman–Crippen LogP) is 1.15. The molecule has 0 amide bonds. The highest BCUT2D eigenvalue weighted by Crippen LogP contribution is 2.15. The van der Waals surface area contributed by atoms with Crippen LogP contribution in [0.2, 0.25) is 0 Å². The van der Waals surface area contributed by atoms with Crippen LogP contribution in [0.5, 0.6) is 6.01 Å². The Kier molecular flexibility index (Phi) is 3.61. The van der Waals surface area contributed by atoms with Crippen molar-refractivity contribution in [1.82, 2.24) is 15.0 Å². The molecular weight excluding hydrogens is 234 g/mol. The predicted molar refractivity (Wildman–Crippen MR) is 66.7 cm³/mol. The first-order valence-electron chi connectivity index (χ1n) is 5.44. The van der Waals surface area contributed by atoms with Gasteiger partial charge in [0.25, 0.3) is 0 Å². The molecule has 18 heavy (non-hydrogen) atoms. The van der Waals surface area contributed by atoms with Crippen molar-refractivity contribution in [3.63, 3.8) is 0 Å². The van der Waals surface area contributed by atoms with Crippen molar-refractivity contribution < 1.29 is 9.15 Å². The quantitative estimate of drug-likeness (QED) is 0.851. The number of nitrogens with one attached hydrogen (secondary N) is 1. The lowest BCUT2D eigenvalue weighted by molar-refractivity contribution is 0.378. The zero-order valence-electron chi connectivity index (χ0n) is 10.5. The van der Waals surface area contributed by atoms with Gasteiger partial charge in [-0.25, -0.2) is 0 Å². The summed E-state index contributed by atoms with van der Waals surface area (Å²) in [5, 5.41) is 2.86. The van der Waals surface area contributed by atoms with E-state index >= 15 is 0 Å². The molecule has 0 fully saturated rings. The first-order chi connectivity index (χ1) is 8.72. The minimum Gasteiger partial charge on any atom is -0.467 e. The third-order valence-corrected chi connectivity index (χ3v) is 2.32. The zero-order chi connectivity index (χ0) is 13.0. The molecule has 2 aromatic heterocycles. The molecule has 2 rings (SSSR count). The van der Waals surface area contributed by atoms with Gasteiger partial charge < -0.3 is 19.4 Å². The second-order valence-electron chi connectivity index (χ2n) is 3.63. The zero-order valence-corrected chi connectivity index (χ0v) is 10.5. The summed E-state index contributed by atoms with van der Waals surface area (Å²) in [7, 11) is 5.13. The SMILES string of the molecule is CNc1nc(OC)nc(N(C)Cc2ccco2)n1. The molecule has 0 aliphatic carbocycles. The second kappa shape index (κ2) is 5.35. The Morgan fingerprint density at radius 3 is 2.83 bits per heavy atom. The molecule has 0 saturated carbocycles. The van der Waals surface area contributed by atoms with Crippen molar-refractivity contribution in [2.24, 2.45) is 0 Å². The third-order valence-electron chi connectivity index (χ3n) is 2.32. The summed E-state index contributed by atoms with van der Waals surface area (Å²) in [6, 6.07) is 4.01. The molecule has 1 N–H and O–H groups in total. The molecular formula is C11H15N5O2. The first kappa shape index (κ1) is 12.2. The number of anilines is 2. The topological polar surface area (TPSA) is 76.3 Å². The van der Waals surface area contributed by atoms with E-state index in [2.05, 4.69) is 20.3 Å². The van der Waals surface area contributed by atoms with Crippen molar-refractivity contribution in [2.75, 3.05) is 31.4 Å². The molecule has 0 bridgehead atoms. The molecule has 0 radical (unpaired) electrons. The molecule has 7 nitrogen and oxygen atoms in total. The van der Waals surface area contributed by atoms with Gasteiger partial charge in [0, 0.05) is 14.1 Å². The lowest BCUT2D eigenvalue weighted by Crippen LogP contribution is -2.20.